The first kappa shape index (κ1) is 16.1. The van der Waals surface area contributed by atoms with Crippen molar-refractivity contribution in [3.05, 3.63) is 45.2 Å². The molecule has 0 bridgehead atoms. The largest absolute Gasteiger partial charge is 0.465 e. The molecule has 0 amide bonds. The van der Waals surface area contributed by atoms with Crippen molar-refractivity contribution in [3.8, 4) is 11.5 Å². The molecule has 3 rings (SSSR count). The fourth-order valence-electron chi connectivity index (χ4n) is 2.55. The average molecular weight is 345 g/mol. The lowest BCUT2D eigenvalue weighted by atomic mass is 10.1. The van der Waals surface area contributed by atoms with E-state index in [-0.39, 0.29) is 21.8 Å². The Morgan fingerprint density at radius 3 is 2.79 bits per heavy atom. The highest BCUT2D eigenvalue weighted by Gasteiger charge is 2.21. The number of esters is 1. The molecule has 8 heteroatoms. The Bertz CT molecular complexity index is 1030. The minimum atomic E-state index is -0.631. The van der Waals surface area contributed by atoms with Crippen molar-refractivity contribution in [1.29, 1.82) is 0 Å². The van der Waals surface area contributed by atoms with Gasteiger partial charge in [0.05, 0.1) is 24.3 Å². The van der Waals surface area contributed by atoms with Gasteiger partial charge in [-0.15, -0.1) is 0 Å². The van der Waals surface area contributed by atoms with Crippen LogP contribution >= 0.6 is 12.2 Å². The van der Waals surface area contributed by atoms with Gasteiger partial charge in [0.25, 0.3) is 5.56 Å². The number of H-pyrrole nitrogens is 1. The van der Waals surface area contributed by atoms with Gasteiger partial charge in [0, 0.05) is 6.04 Å². The Hall–Kier alpha value is -2.74. The molecule has 124 valence electrons. The van der Waals surface area contributed by atoms with Crippen LogP contribution in [0.25, 0.3) is 22.5 Å². The molecule has 7 nitrogen and oxygen atoms in total. The topological polar surface area (TPSA) is 90.1 Å². The number of carbonyl (C=O) groups excluding carboxylic acids is 1. The van der Waals surface area contributed by atoms with Crippen molar-refractivity contribution in [2.45, 2.75) is 19.9 Å². The molecule has 0 aliphatic heterocycles. The van der Waals surface area contributed by atoms with Gasteiger partial charge in [-0.1, -0.05) is 0 Å². The maximum Gasteiger partial charge on any atom is 0.338 e. The first-order chi connectivity index (χ1) is 11.4. The van der Waals surface area contributed by atoms with E-state index >= 15 is 0 Å². The summed E-state index contributed by atoms with van der Waals surface area (Å²) in [5, 5.41) is 0.138. The zero-order valence-electron chi connectivity index (χ0n) is 13.3. The van der Waals surface area contributed by atoms with Gasteiger partial charge in [0.15, 0.2) is 10.5 Å². The fourth-order valence-corrected chi connectivity index (χ4v) is 2.94. The molecule has 1 N–H and O–H groups in total. The number of nitrogens with zero attached hydrogens (tertiary/aromatic N) is 2. The smallest absolute Gasteiger partial charge is 0.338 e. The highest BCUT2D eigenvalue weighted by atomic mass is 32.1. The monoisotopic (exact) mass is 345 g/mol. The summed E-state index contributed by atoms with van der Waals surface area (Å²) in [5.41, 5.74) is 0.362. The second-order valence-corrected chi connectivity index (χ2v) is 5.83. The molecule has 3 aromatic heterocycles. The van der Waals surface area contributed by atoms with Crippen LogP contribution in [0, 0.1) is 4.77 Å². The molecule has 0 fully saturated rings. The number of fused-ring (bicyclic) bond motifs is 1. The van der Waals surface area contributed by atoms with E-state index in [0.29, 0.717) is 17.1 Å². The van der Waals surface area contributed by atoms with Crippen LogP contribution in [0.3, 0.4) is 0 Å². The fraction of sp³-hybridized carbons (Fsp3) is 0.250. The zero-order chi connectivity index (χ0) is 17.4. The van der Waals surface area contributed by atoms with Crippen LogP contribution in [0.4, 0.5) is 0 Å². The van der Waals surface area contributed by atoms with Gasteiger partial charge in [-0.3, -0.25) is 14.3 Å². The molecule has 0 atom stereocenters. The summed E-state index contributed by atoms with van der Waals surface area (Å²) >= 11 is 5.25. The second kappa shape index (κ2) is 6.04. The third-order valence-corrected chi connectivity index (χ3v) is 3.89. The molecule has 0 spiro atoms. The van der Waals surface area contributed by atoms with Gasteiger partial charge in [-0.05, 0) is 44.3 Å². The maximum atomic E-state index is 12.4. The average Bonchev–Trinajstić information content (AvgIpc) is 3.06. The maximum absolute atomic E-state index is 12.4. The van der Waals surface area contributed by atoms with E-state index in [1.165, 1.54) is 19.4 Å². The summed E-state index contributed by atoms with van der Waals surface area (Å²) in [6.45, 7) is 3.82. The number of hydrogen-bond donors (Lipinski definition) is 1. The molecule has 0 saturated carbocycles. The number of methoxy groups -OCH3 is 1. The van der Waals surface area contributed by atoms with E-state index in [1.807, 2.05) is 13.8 Å². The van der Waals surface area contributed by atoms with E-state index in [2.05, 4.69) is 9.97 Å². The lowest BCUT2D eigenvalue weighted by Gasteiger charge is -2.15. The summed E-state index contributed by atoms with van der Waals surface area (Å²) in [5.74, 6) is -0.156. The Morgan fingerprint density at radius 1 is 1.46 bits per heavy atom. The number of rotatable bonds is 3. The Morgan fingerprint density at radius 2 is 2.21 bits per heavy atom. The standard InChI is InChI=1S/C16H15N3O4S/c1-8(2)19-13-12(14(20)18-16(19)24)9(15(21)22-3)7-10(17-13)11-5-4-6-23-11/h4-8H,1-3H3,(H,18,20,24). The lowest BCUT2D eigenvalue weighted by Crippen LogP contribution is -2.20. The van der Waals surface area contributed by atoms with E-state index in [4.69, 9.17) is 21.4 Å². The van der Waals surface area contributed by atoms with Crippen LogP contribution in [0.2, 0.25) is 0 Å². The van der Waals surface area contributed by atoms with Crippen molar-refractivity contribution < 1.29 is 13.9 Å². The van der Waals surface area contributed by atoms with Crippen molar-refractivity contribution >= 4 is 29.2 Å². The Balaban J connectivity index is 2.52. The van der Waals surface area contributed by atoms with Gasteiger partial charge in [0.2, 0.25) is 0 Å². The minimum Gasteiger partial charge on any atom is -0.465 e. The number of ether oxygens (including phenoxy) is 1. The summed E-state index contributed by atoms with van der Waals surface area (Å²) in [4.78, 5) is 31.7. The molecule has 0 aromatic carbocycles. The number of aromatic amines is 1. The van der Waals surface area contributed by atoms with Gasteiger partial charge < -0.3 is 9.15 Å². The summed E-state index contributed by atoms with van der Waals surface area (Å²) in [6.07, 6.45) is 1.51. The van der Waals surface area contributed by atoms with Gasteiger partial charge in [0.1, 0.15) is 11.3 Å². The third-order valence-electron chi connectivity index (χ3n) is 3.59. The number of carbonyl (C=O) groups is 1. The Labute approximate surface area is 141 Å². The van der Waals surface area contributed by atoms with Gasteiger partial charge >= 0.3 is 5.97 Å². The summed E-state index contributed by atoms with van der Waals surface area (Å²) in [6, 6.07) is 4.85. The van der Waals surface area contributed by atoms with Crippen molar-refractivity contribution in [3.63, 3.8) is 0 Å². The molecular formula is C16H15N3O4S. The predicted molar refractivity (Wildman–Crippen MR) is 90.6 cm³/mol. The van der Waals surface area contributed by atoms with Crippen molar-refractivity contribution in [1.82, 2.24) is 14.5 Å². The predicted octanol–water partition coefficient (Wildman–Crippen LogP) is 3.08. The normalized spacial score (nSPS) is 11.2. The first-order valence-electron chi connectivity index (χ1n) is 7.25. The SMILES string of the molecule is COC(=O)c1cc(-c2ccco2)nc2c1c(=O)[nH]c(=S)n2C(C)C. The molecular weight excluding hydrogens is 330 g/mol. The highest BCUT2D eigenvalue weighted by molar-refractivity contribution is 7.71. The molecule has 0 aliphatic rings. The van der Waals surface area contributed by atoms with E-state index in [0.717, 1.165) is 0 Å². The molecule has 24 heavy (non-hydrogen) atoms. The first-order valence-corrected chi connectivity index (χ1v) is 7.66. The third kappa shape index (κ3) is 2.54. The van der Waals surface area contributed by atoms with Crippen molar-refractivity contribution in [2.75, 3.05) is 7.11 Å². The zero-order valence-corrected chi connectivity index (χ0v) is 14.1. The van der Waals surface area contributed by atoms with Gasteiger partial charge in [-0.2, -0.15) is 0 Å². The van der Waals surface area contributed by atoms with Crippen LogP contribution in [-0.2, 0) is 4.74 Å². The number of pyridine rings is 1. The molecule has 3 aromatic rings. The van der Waals surface area contributed by atoms with Crippen LogP contribution < -0.4 is 5.56 Å². The van der Waals surface area contributed by atoms with E-state index in [1.54, 1.807) is 16.7 Å². The number of furan rings is 1. The van der Waals surface area contributed by atoms with Crippen LogP contribution in [0.15, 0.2) is 33.7 Å². The molecule has 0 radical (unpaired) electrons. The van der Waals surface area contributed by atoms with Crippen LogP contribution in [0.1, 0.15) is 30.2 Å². The Kier molecular flexibility index (Phi) is 4.06. The molecule has 0 aliphatic carbocycles. The van der Waals surface area contributed by atoms with Crippen LogP contribution in [0.5, 0.6) is 0 Å². The highest BCUT2D eigenvalue weighted by Crippen LogP contribution is 2.25. The summed E-state index contributed by atoms with van der Waals surface area (Å²) in [7, 11) is 1.26. The minimum absolute atomic E-state index is 0.0679. The number of hydrogen-bond acceptors (Lipinski definition) is 6. The molecule has 0 saturated heterocycles. The molecule has 3 heterocycles. The summed E-state index contributed by atoms with van der Waals surface area (Å²) < 4.78 is 12.1. The van der Waals surface area contributed by atoms with Gasteiger partial charge in [-0.25, -0.2) is 9.78 Å². The van der Waals surface area contributed by atoms with E-state index in [9.17, 15) is 9.59 Å². The quantitative estimate of drug-likeness (QED) is 0.579. The number of nitrogens with one attached hydrogen (secondary N) is 1. The lowest BCUT2D eigenvalue weighted by molar-refractivity contribution is 0.0603. The van der Waals surface area contributed by atoms with Crippen LogP contribution in [-0.4, -0.2) is 27.6 Å². The number of aromatic nitrogens is 3. The molecule has 0 unspecified atom stereocenters. The second-order valence-electron chi connectivity index (χ2n) is 5.45. The van der Waals surface area contributed by atoms with Crippen molar-refractivity contribution in [2.24, 2.45) is 0 Å². The van der Waals surface area contributed by atoms with E-state index < -0.39 is 11.5 Å².